The van der Waals surface area contributed by atoms with Crippen molar-refractivity contribution in [1.29, 1.82) is 0 Å². The van der Waals surface area contributed by atoms with Crippen LogP contribution in [-0.2, 0) is 13.1 Å². The second kappa shape index (κ2) is 11.7. The van der Waals surface area contributed by atoms with E-state index in [-0.39, 0.29) is 23.9 Å². The smallest absolute Gasteiger partial charge is 0.319 e. The van der Waals surface area contributed by atoms with E-state index in [0.717, 1.165) is 18.7 Å². The van der Waals surface area contributed by atoms with Gasteiger partial charge in [-0.3, -0.25) is 9.36 Å². The number of anilines is 2. The normalized spacial score (nSPS) is 12.6. The fraction of sp³-hybridized carbons (Fsp3) is 0.391. The van der Waals surface area contributed by atoms with Crippen molar-refractivity contribution in [3.8, 4) is 0 Å². The Morgan fingerprint density at radius 1 is 0.879 bits per heavy atom. The lowest BCUT2D eigenvalue weighted by Gasteiger charge is -2.16. The van der Waals surface area contributed by atoms with Gasteiger partial charge in [0, 0.05) is 62.3 Å². The van der Waals surface area contributed by atoms with E-state index in [2.05, 4.69) is 31.5 Å². The lowest BCUT2D eigenvalue weighted by Crippen LogP contribution is -2.34. The van der Waals surface area contributed by atoms with Gasteiger partial charge in [-0.1, -0.05) is 19.9 Å². The van der Waals surface area contributed by atoms with Crippen LogP contribution in [0.15, 0.2) is 55.1 Å². The van der Waals surface area contributed by atoms with Crippen LogP contribution in [0.5, 0.6) is 0 Å². The molecule has 176 valence electrons. The van der Waals surface area contributed by atoms with E-state index in [0.29, 0.717) is 24.5 Å². The third-order valence-electron chi connectivity index (χ3n) is 5.08. The van der Waals surface area contributed by atoms with Gasteiger partial charge < -0.3 is 21.3 Å². The minimum absolute atomic E-state index is 0.226. The molecule has 0 bridgehead atoms. The minimum atomic E-state index is -0.297. The fourth-order valence-electron chi connectivity index (χ4n) is 3.29. The lowest BCUT2D eigenvalue weighted by atomic mass is 10.1. The molecule has 2 heterocycles. The van der Waals surface area contributed by atoms with Crippen LogP contribution in [-0.4, -0.2) is 44.7 Å². The lowest BCUT2D eigenvalue weighted by molar-refractivity contribution is 0.249. The highest BCUT2D eigenvalue weighted by atomic mass is 16.2. The highest BCUT2D eigenvalue weighted by Crippen LogP contribution is 2.20. The molecule has 0 spiro atoms. The summed E-state index contributed by atoms with van der Waals surface area (Å²) >= 11 is 0. The van der Waals surface area contributed by atoms with Gasteiger partial charge in [0.2, 0.25) is 0 Å². The van der Waals surface area contributed by atoms with E-state index in [4.69, 9.17) is 0 Å². The number of hydrogen-bond acceptors (Lipinski definition) is 4. The zero-order chi connectivity index (χ0) is 23.6. The molecule has 0 unspecified atom stereocenters. The summed E-state index contributed by atoms with van der Waals surface area (Å²) in [6, 6.07) is 8.56. The molecule has 0 aliphatic carbocycles. The molecule has 3 aromatic rings. The van der Waals surface area contributed by atoms with Gasteiger partial charge in [0.25, 0.3) is 0 Å². The number of benzene rings is 1. The summed E-state index contributed by atoms with van der Waals surface area (Å²) in [5.74, 6) is 0.453. The zero-order valence-electron chi connectivity index (χ0n) is 19.3. The minimum Gasteiger partial charge on any atom is -0.338 e. The number of urea groups is 2. The fourth-order valence-corrected chi connectivity index (χ4v) is 3.29. The van der Waals surface area contributed by atoms with Gasteiger partial charge in [-0.25, -0.2) is 9.59 Å². The van der Waals surface area contributed by atoms with Crippen LogP contribution in [0, 0.1) is 18.8 Å². The highest BCUT2D eigenvalue weighted by molar-refractivity contribution is 5.93. The maximum Gasteiger partial charge on any atom is 0.319 e. The molecule has 0 aliphatic heterocycles. The number of aromatic nitrogens is 4. The third kappa shape index (κ3) is 7.99. The average Bonchev–Trinajstić information content (AvgIpc) is 3.48. The molecular formula is C23H32N8O2. The van der Waals surface area contributed by atoms with E-state index < -0.39 is 0 Å². The Hall–Kier alpha value is -3.82. The van der Waals surface area contributed by atoms with Crippen LogP contribution < -0.4 is 21.3 Å². The summed E-state index contributed by atoms with van der Waals surface area (Å²) in [6.45, 7) is 8.47. The molecule has 2 aromatic heterocycles. The van der Waals surface area contributed by atoms with Crippen molar-refractivity contribution in [2.75, 3.05) is 23.7 Å². The summed E-state index contributed by atoms with van der Waals surface area (Å²) < 4.78 is 3.68. The van der Waals surface area contributed by atoms with Gasteiger partial charge in [-0.15, -0.1) is 0 Å². The molecule has 10 nitrogen and oxygen atoms in total. The van der Waals surface area contributed by atoms with E-state index in [1.807, 2.05) is 60.7 Å². The number of amides is 4. The first-order valence-corrected chi connectivity index (χ1v) is 11.0. The average molecular weight is 453 g/mol. The van der Waals surface area contributed by atoms with Gasteiger partial charge in [-0.2, -0.15) is 10.2 Å². The van der Waals surface area contributed by atoms with E-state index in [1.165, 1.54) is 0 Å². The molecular weight excluding hydrogens is 420 g/mol. The van der Waals surface area contributed by atoms with E-state index >= 15 is 0 Å². The maximum absolute atomic E-state index is 12.4. The van der Waals surface area contributed by atoms with Crippen molar-refractivity contribution in [3.05, 3.63) is 60.7 Å². The second-order valence-electron chi connectivity index (χ2n) is 8.37. The van der Waals surface area contributed by atoms with Gasteiger partial charge in [0.1, 0.15) is 0 Å². The van der Waals surface area contributed by atoms with Crippen molar-refractivity contribution in [1.82, 2.24) is 30.2 Å². The Labute approximate surface area is 193 Å². The molecule has 33 heavy (non-hydrogen) atoms. The topological polar surface area (TPSA) is 118 Å². The summed E-state index contributed by atoms with van der Waals surface area (Å²) in [6.07, 6.45) is 7.26. The van der Waals surface area contributed by atoms with Crippen molar-refractivity contribution in [2.45, 2.75) is 33.9 Å². The van der Waals surface area contributed by atoms with E-state index in [9.17, 15) is 9.59 Å². The Bertz CT molecular complexity index is 1020. The molecule has 4 N–H and O–H groups in total. The molecule has 1 aromatic carbocycles. The number of hydrogen-bond donors (Lipinski definition) is 4. The Morgan fingerprint density at radius 3 is 1.94 bits per heavy atom. The van der Waals surface area contributed by atoms with Crippen molar-refractivity contribution in [3.63, 3.8) is 0 Å². The molecule has 3 rings (SSSR count). The number of rotatable bonds is 10. The predicted molar refractivity (Wildman–Crippen MR) is 128 cm³/mol. The number of nitrogens with one attached hydrogen (secondary N) is 4. The van der Waals surface area contributed by atoms with Crippen LogP contribution in [0.25, 0.3) is 0 Å². The first kappa shape index (κ1) is 23.8. The summed E-state index contributed by atoms with van der Waals surface area (Å²) in [7, 11) is 0. The van der Waals surface area contributed by atoms with Crippen LogP contribution in [0.2, 0.25) is 0 Å². The van der Waals surface area contributed by atoms with Gasteiger partial charge in [-0.05, 0) is 48.6 Å². The molecule has 0 radical (unpaired) electrons. The van der Waals surface area contributed by atoms with E-state index in [1.54, 1.807) is 24.5 Å². The van der Waals surface area contributed by atoms with Crippen molar-refractivity contribution >= 4 is 23.4 Å². The zero-order valence-corrected chi connectivity index (χ0v) is 19.3. The highest BCUT2D eigenvalue weighted by Gasteiger charge is 2.11. The van der Waals surface area contributed by atoms with Gasteiger partial charge in [0.05, 0.1) is 0 Å². The number of carbonyl (C=O) groups is 2. The van der Waals surface area contributed by atoms with Crippen molar-refractivity contribution in [2.24, 2.45) is 11.8 Å². The molecule has 0 aliphatic rings. The van der Waals surface area contributed by atoms with Gasteiger partial charge >= 0.3 is 12.1 Å². The van der Waals surface area contributed by atoms with Crippen LogP contribution >= 0.6 is 0 Å². The first-order chi connectivity index (χ1) is 15.9. The number of carbonyl (C=O) groups excluding carboxylic acids is 2. The molecule has 2 atom stereocenters. The Balaban J connectivity index is 1.44. The van der Waals surface area contributed by atoms with Crippen LogP contribution in [0.4, 0.5) is 21.0 Å². The van der Waals surface area contributed by atoms with Crippen LogP contribution in [0.3, 0.4) is 0 Å². The largest absolute Gasteiger partial charge is 0.338 e. The molecule has 0 fully saturated rings. The SMILES string of the molecule is Cc1ccc(NC(=O)NC[C@@H](C)Cn2cccn2)cc1NC(=O)NC[C@@H](C)Cn1cccn1. The quantitative estimate of drug-likeness (QED) is 0.377. The van der Waals surface area contributed by atoms with Crippen molar-refractivity contribution < 1.29 is 9.59 Å². The molecule has 0 saturated heterocycles. The molecule has 0 saturated carbocycles. The van der Waals surface area contributed by atoms with Crippen LogP contribution in [0.1, 0.15) is 19.4 Å². The number of aryl methyl sites for hydroxylation is 1. The Kier molecular flexibility index (Phi) is 8.45. The summed E-state index contributed by atoms with van der Waals surface area (Å²) in [5, 5.41) is 19.8. The first-order valence-electron chi connectivity index (χ1n) is 11.0. The number of nitrogens with zero attached hydrogens (tertiary/aromatic N) is 4. The molecule has 10 heteroatoms. The molecule has 4 amide bonds. The van der Waals surface area contributed by atoms with Gasteiger partial charge in [0.15, 0.2) is 0 Å². The predicted octanol–water partition coefficient (Wildman–Crippen LogP) is 3.30. The second-order valence-corrected chi connectivity index (χ2v) is 8.37. The summed E-state index contributed by atoms with van der Waals surface area (Å²) in [5.41, 5.74) is 2.13. The summed E-state index contributed by atoms with van der Waals surface area (Å²) in [4.78, 5) is 24.7. The maximum atomic E-state index is 12.4. The Morgan fingerprint density at radius 2 is 1.42 bits per heavy atom. The standard InChI is InChI=1S/C23H32N8O2/c1-17(15-30-10-4-8-26-30)13-24-22(32)28-20-7-6-19(3)21(12-20)29-23(33)25-14-18(2)16-31-11-5-9-27-31/h4-12,17-18H,13-16H2,1-3H3,(H2,24,28,32)(H2,25,29,33)/t17-,18-/m1/s1. The monoisotopic (exact) mass is 452 g/mol. The third-order valence-corrected chi connectivity index (χ3v) is 5.08.